The van der Waals surface area contributed by atoms with Crippen LogP contribution < -0.4 is 4.72 Å². The van der Waals surface area contributed by atoms with Crippen molar-refractivity contribution < 1.29 is 8.42 Å². The van der Waals surface area contributed by atoms with Crippen LogP contribution in [-0.4, -0.2) is 37.3 Å². The largest absolute Gasteiger partial charge is 0.224 e. The van der Waals surface area contributed by atoms with Gasteiger partial charge < -0.3 is 0 Å². The van der Waals surface area contributed by atoms with E-state index in [-0.39, 0.29) is 4.58 Å². The van der Waals surface area contributed by atoms with Crippen LogP contribution in [0.15, 0.2) is 0 Å². The Hall–Kier alpha value is 0.610. The van der Waals surface area contributed by atoms with E-state index < -0.39 is 10.0 Å². The zero-order valence-electron chi connectivity index (χ0n) is 6.24. The Labute approximate surface area is 75.8 Å². The maximum absolute atomic E-state index is 11.2. The van der Waals surface area contributed by atoms with Gasteiger partial charge in [0.25, 0.3) is 0 Å². The van der Waals surface area contributed by atoms with Gasteiger partial charge in [0.05, 0.1) is 0 Å². The number of nitrogens with one attached hydrogen (secondary N) is 1. The van der Waals surface area contributed by atoms with Crippen LogP contribution >= 0.6 is 23.5 Å². The molecule has 1 N–H and O–H groups in total. The van der Waals surface area contributed by atoms with Crippen molar-refractivity contribution in [2.45, 2.75) is 4.58 Å². The maximum atomic E-state index is 11.2. The van der Waals surface area contributed by atoms with Gasteiger partial charge in [-0.25, -0.2) is 13.1 Å². The minimum Gasteiger partial charge on any atom is -0.217 e. The highest BCUT2D eigenvalue weighted by molar-refractivity contribution is 8.16. The molecule has 1 fully saturated rings. The summed E-state index contributed by atoms with van der Waals surface area (Å²) >= 11 is 3.23. The van der Waals surface area contributed by atoms with Crippen molar-refractivity contribution in [1.29, 1.82) is 0 Å². The SMILES string of the molecule is CNS(=O)(=O)C1CSCCS1. The summed E-state index contributed by atoms with van der Waals surface area (Å²) in [6, 6.07) is 0. The first-order valence-electron chi connectivity index (χ1n) is 3.28. The minimum absolute atomic E-state index is 0.244. The van der Waals surface area contributed by atoms with E-state index in [2.05, 4.69) is 4.72 Å². The summed E-state index contributed by atoms with van der Waals surface area (Å²) in [5.74, 6) is 2.73. The smallest absolute Gasteiger partial charge is 0.217 e. The molecule has 0 spiro atoms. The molecular formula is C5H11NO2S3. The fourth-order valence-corrected chi connectivity index (χ4v) is 5.49. The van der Waals surface area contributed by atoms with Gasteiger partial charge in [0.1, 0.15) is 4.58 Å². The Bertz CT molecular complexity index is 208. The lowest BCUT2D eigenvalue weighted by Gasteiger charge is -2.19. The van der Waals surface area contributed by atoms with Crippen LogP contribution in [-0.2, 0) is 10.0 Å². The zero-order valence-corrected chi connectivity index (χ0v) is 8.69. The van der Waals surface area contributed by atoms with Gasteiger partial charge in [0.2, 0.25) is 10.0 Å². The first-order valence-corrected chi connectivity index (χ1v) is 7.03. The molecule has 1 unspecified atom stereocenters. The lowest BCUT2D eigenvalue weighted by atomic mass is 10.9. The van der Waals surface area contributed by atoms with E-state index in [1.165, 1.54) is 18.8 Å². The highest BCUT2D eigenvalue weighted by atomic mass is 32.3. The molecule has 66 valence electrons. The molecule has 0 bridgehead atoms. The Morgan fingerprint density at radius 1 is 1.45 bits per heavy atom. The summed E-state index contributed by atoms with van der Waals surface area (Å²) in [5.41, 5.74) is 0. The Morgan fingerprint density at radius 3 is 2.64 bits per heavy atom. The Kier molecular flexibility index (Phi) is 3.54. The highest BCUT2D eigenvalue weighted by Crippen LogP contribution is 2.26. The number of rotatable bonds is 2. The molecule has 0 aromatic heterocycles. The Balaban J connectivity index is 2.58. The van der Waals surface area contributed by atoms with Crippen molar-refractivity contribution in [1.82, 2.24) is 4.72 Å². The van der Waals surface area contributed by atoms with Crippen molar-refractivity contribution in [3.05, 3.63) is 0 Å². The molecule has 0 saturated carbocycles. The van der Waals surface area contributed by atoms with Gasteiger partial charge in [-0.15, -0.1) is 11.8 Å². The van der Waals surface area contributed by atoms with Crippen LogP contribution in [0, 0.1) is 0 Å². The van der Waals surface area contributed by atoms with Crippen molar-refractivity contribution in [2.24, 2.45) is 0 Å². The molecular weight excluding hydrogens is 202 g/mol. The molecule has 0 amide bonds. The third kappa shape index (κ3) is 2.54. The van der Waals surface area contributed by atoms with Gasteiger partial charge >= 0.3 is 0 Å². The summed E-state index contributed by atoms with van der Waals surface area (Å²) in [6.07, 6.45) is 0. The average Bonchev–Trinajstić information content (AvgIpc) is 2.06. The lowest BCUT2D eigenvalue weighted by molar-refractivity contribution is 0.587. The summed E-state index contributed by atoms with van der Waals surface area (Å²) in [7, 11) is -1.56. The van der Waals surface area contributed by atoms with E-state index in [0.29, 0.717) is 5.75 Å². The van der Waals surface area contributed by atoms with Gasteiger partial charge in [-0.1, -0.05) is 0 Å². The minimum atomic E-state index is -3.03. The summed E-state index contributed by atoms with van der Waals surface area (Å²) in [6.45, 7) is 0. The number of hydrogen-bond acceptors (Lipinski definition) is 4. The Morgan fingerprint density at radius 2 is 2.18 bits per heavy atom. The average molecular weight is 213 g/mol. The van der Waals surface area contributed by atoms with Gasteiger partial charge in [-0.05, 0) is 7.05 Å². The second kappa shape index (κ2) is 4.02. The third-order valence-corrected chi connectivity index (χ3v) is 6.73. The monoisotopic (exact) mass is 213 g/mol. The highest BCUT2D eigenvalue weighted by Gasteiger charge is 2.26. The van der Waals surface area contributed by atoms with Crippen LogP contribution in [0.5, 0.6) is 0 Å². The summed E-state index contributed by atoms with van der Waals surface area (Å²) in [5, 5.41) is 0. The molecule has 1 heterocycles. The maximum Gasteiger partial charge on any atom is 0.224 e. The van der Waals surface area contributed by atoms with Gasteiger partial charge in [0.15, 0.2) is 0 Å². The first kappa shape index (κ1) is 9.70. The molecule has 0 aromatic carbocycles. The molecule has 0 aliphatic carbocycles. The predicted molar refractivity (Wildman–Crippen MR) is 51.6 cm³/mol. The van der Waals surface area contributed by atoms with Crippen LogP contribution in [0.3, 0.4) is 0 Å². The van der Waals surface area contributed by atoms with Gasteiger partial charge in [-0.3, -0.25) is 0 Å². The third-order valence-electron chi connectivity index (χ3n) is 1.42. The quantitative estimate of drug-likeness (QED) is 0.718. The molecule has 0 aromatic rings. The summed E-state index contributed by atoms with van der Waals surface area (Å²) in [4.78, 5) is 0. The first-order chi connectivity index (χ1) is 5.17. The van der Waals surface area contributed by atoms with E-state index in [1.54, 1.807) is 11.8 Å². The van der Waals surface area contributed by atoms with Crippen molar-refractivity contribution in [2.75, 3.05) is 24.3 Å². The number of sulfonamides is 1. The van der Waals surface area contributed by atoms with E-state index >= 15 is 0 Å². The molecule has 1 atom stereocenters. The van der Waals surface area contributed by atoms with Crippen molar-refractivity contribution >= 4 is 33.5 Å². The van der Waals surface area contributed by atoms with Crippen LogP contribution in [0.25, 0.3) is 0 Å². The molecule has 1 saturated heterocycles. The predicted octanol–water partition coefficient (Wildman–Crippen LogP) is 0.342. The normalized spacial score (nSPS) is 26.8. The van der Waals surface area contributed by atoms with Crippen LogP contribution in [0.2, 0.25) is 0 Å². The number of thioether (sulfide) groups is 2. The van der Waals surface area contributed by atoms with E-state index in [0.717, 1.165) is 11.5 Å². The molecule has 1 aliphatic heterocycles. The molecule has 11 heavy (non-hydrogen) atoms. The topological polar surface area (TPSA) is 46.2 Å². The van der Waals surface area contributed by atoms with E-state index in [4.69, 9.17) is 0 Å². The summed E-state index contributed by atoms with van der Waals surface area (Å²) < 4.78 is 24.5. The van der Waals surface area contributed by atoms with E-state index in [9.17, 15) is 8.42 Å². The fraction of sp³-hybridized carbons (Fsp3) is 1.00. The van der Waals surface area contributed by atoms with Crippen LogP contribution in [0.1, 0.15) is 0 Å². The van der Waals surface area contributed by atoms with Gasteiger partial charge in [-0.2, -0.15) is 11.8 Å². The van der Waals surface area contributed by atoms with Gasteiger partial charge in [0, 0.05) is 17.3 Å². The van der Waals surface area contributed by atoms with Crippen molar-refractivity contribution in [3.8, 4) is 0 Å². The second-order valence-corrected chi connectivity index (χ2v) is 6.95. The zero-order chi connectivity index (χ0) is 8.32. The second-order valence-electron chi connectivity index (χ2n) is 2.12. The molecule has 3 nitrogen and oxygen atoms in total. The number of hydrogen-bond donors (Lipinski definition) is 1. The van der Waals surface area contributed by atoms with E-state index in [1.807, 2.05) is 0 Å². The molecule has 6 heteroatoms. The van der Waals surface area contributed by atoms with Crippen molar-refractivity contribution in [3.63, 3.8) is 0 Å². The fourth-order valence-electron chi connectivity index (χ4n) is 0.777. The molecule has 0 radical (unpaired) electrons. The standard InChI is InChI=1S/C5H11NO2S3/c1-6-11(7,8)5-4-9-2-3-10-5/h5-6H,2-4H2,1H3. The molecule has 1 rings (SSSR count). The molecule has 1 aliphatic rings. The lowest BCUT2D eigenvalue weighted by Crippen LogP contribution is -2.33. The van der Waals surface area contributed by atoms with Crippen LogP contribution in [0.4, 0.5) is 0 Å².